The topological polar surface area (TPSA) is 52.0 Å². The van der Waals surface area contributed by atoms with Crippen molar-refractivity contribution in [1.82, 2.24) is 9.55 Å². The lowest BCUT2D eigenvalue weighted by Gasteiger charge is -2.12. The Balaban J connectivity index is 2.72. The molecule has 0 unspecified atom stereocenters. The van der Waals surface area contributed by atoms with Gasteiger partial charge in [0.15, 0.2) is 9.84 Å². The first-order chi connectivity index (χ1) is 7.34. The largest absolute Gasteiger partial charge is 0.334 e. The van der Waals surface area contributed by atoms with E-state index in [2.05, 4.69) is 18.8 Å². The highest BCUT2D eigenvalue weighted by atomic mass is 32.2. The minimum absolute atomic E-state index is 0.181. The number of sulfone groups is 1. The van der Waals surface area contributed by atoms with E-state index in [0.717, 1.165) is 5.82 Å². The van der Waals surface area contributed by atoms with Gasteiger partial charge >= 0.3 is 0 Å². The van der Waals surface area contributed by atoms with Gasteiger partial charge in [-0.25, -0.2) is 13.4 Å². The van der Waals surface area contributed by atoms with E-state index in [1.807, 2.05) is 10.8 Å². The Morgan fingerprint density at radius 1 is 1.31 bits per heavy atom. The summed E-state index contributed by atoms with van der Waals surface area (Å²) in [5, 5.41) is -0.307. The summed E-state index contributed by atoms with van der Waals surface area (Å²) in [5.74, 6) is 1.44. The summed E-state index contributed by atoms with van der Waals surface area (Å²) in [6, 6.07) is 0. The van der Waals surface area contributed by atoms with Crippen LogP contribution in [0.4, 0.5) is 0 Å². The third kappa shape index (κ3) is 3.07. The fraction of sp³-hybridized carbons (Fsp3) is 0.727. The molecule has 0 aliphatic rings. The van der Waals surface area contributed by atoms with Crippen molar-refractivity contribution in [3.63, 3.8) is 0 Å². The van der Waals surface area contributed by atoms with E-state index in [1.54, 1.807) is 20.0 Å². The van der Waals surface area contributed by atoms with E-state index in [4.69, 9.17) is 0 Å². The van der Waals surface area contributed by atoms with E-state index in [9.17, 15) is 8.42 Å². The lowest BCUT2D eigenvalue weighted by atomic mass is 10.2. The normalized spacial score (nSPS) is 12.6. The molecule has 0 fully saturated rings. The molecule has 1 aromatic heterocycles. The van der Waals surface area contributed by atoms with Gasteiger partial charge in [-0.15, -0.1) is 0 Å². The molecule has 0 radical (unpaired) electrons. The molecule has 0 aliphatic heterocycles. The van der Waals surface area contributed by atoms with Gasteiger partial charge in [0.1, 0.15) is 5.82 Å². The van der Waals surface area contributed by atoms with Gasteiger partial charge in [0.2, 0.25) is 0 Å². The molecule has 92 valence electrons. The van der Waals surface area contributed by atoms with E-state index in [1.165, 1.54) is 0 Å². The molecule has 1 rings (SSSR count). The van der Waals surface area contributed by atoms with Gasteiger partial charge in [0.05, 0.1) is 11.0 Å². The van der Waals surface area contributed by atoms with Crippen molar-refractivity contribution in [2.24, 2.45) is 0 Å². The first-order valence-corrected chi connectivity index (χ1v) is 7.28. The molecule has 1 aromatic rings. The Bertz CT molecular complexity index is 433. The van der Waals surface area contributed by atoms with E-state index >= 15 is 0 Å². The van der Waals surface area contributed by atoms with Crippen LogP contribution in [0, 0.1) is 0 Å². The van der Waals surface area contributed by atoms with Crippen molar-refractivity contribution in [3.05, 3.63) is 18.2 Å². The zero-order valence-corrected chi connectivity index (χ0v) is 11.2. The molecular formula is C11H20N2O2S. The van der Waals surface area contributed by atoms with Crippen LogP contribution in [0.5, 0.6) is 0 Å². The van der Waals surface area contributed by atoms with Crippen molar-refractivity contribution < 1.29 is 8.42 Å². The van der Waals surface area contributed by atoms with Gasteiger partial charge < -0.3 is 4.57 Å². The second-order valence-corrected chi connectivity index (χ2v) is 7.23. The van der Waals surface area contributed by atoms with Crippen molar-refractivity contribution in [3.8, 4) is 0 Å². The van der Waals surface area contributed by atoms with Gasteiger partial charge in [-0.05, 0) is 13.8 Å². The highest BCUT2D eigenvalue weighted by Gasteiger charge is 2.17. The van der Waals surface area contributed by atoms with Crippen molar-refractivity contribution in [2.75, 3.05) is 5.75 Å². The first kappa shape index (κ1) is 13.2. The smallest absolute Gasteiger partial charge is 0.154 e. The monoisotopic (exact) mass is 244 g/mol. The van der Waals surface area contributed by atoms with Gasteiger partial charge in [0.25, 0.3) is 0 Å². The SMILES string of the molecule is CC(C)c1nccn1CCS(=O)(=O)C(C)C. The molecule has 0 saturated heterocycles. The van der Waals surface area contributed by atoms with Crippen LogP contribution < -0.4 is 0 Å². The summed E-state index contributed by atoms with van der Waals surface area (Å²) in [5.41, 5.74) is 0. The molecule has 0 amide bonds. The maximum Gasteiger partial charge on any atom is 0.154 e. The molecule has 0 aromatic carbocycles. The Kier molecular flexibility index (Phi) is 4.13. The molecule has 0 spiro atoms. The van der Waals surface area contributed by atoms with Gasteiger partial charge in [-0.2, -0.15) is 0 Å². The molecule has 5 heteroatoms. The molecule has 0 atom stereocenters. The summed E-state index contributed by atoms with van der Waals surface area (Å²) in [6.07, 6.45) is 3.56. The van der Waals surface area contributed by atoms with Crippen LogP contribution in [0.2, 0.25) is 0 Å². The number of hydrogen-bond acceptors (Lipinski definition) is 3. The average Bonchev–Trinajstić information content (AvgIpc) is 2.62. The minimum atomic E-state index is -2.97. The number of imidazole rings is 1. The van der Waals surface area contributed by atoms with Crippen molar-refractivity contribution in [2.45, 2.75) is 45.4 Å². The second kappa shape index (κ2) is 4.99. The summed E-state index contributed by atoms with van der Waals surface area (Å²) < 4.78 is 25.3. The van der Waals surface area contributed by atoms with Gasteiger partial charge in [-0.3, -0.25) is 0 Å². The Morgan fingerprint density at radius 3 is 2.44 bits per heavy atom. The summed E-state index contributed by atoms with van der Waals surface area (Å²) in [6.45, 7) is 8.03. The Labute approximate surface area is 97.6 Å². The van der Waals surface area contributed by atoms with Crippen molar-refractivity contribution in [1.29, 1.82) is 0 Å². The molecule has 1 heterocycles. The Hall–Kier alpha value is -0.840. The molecule has 0 aliphatic carbocycles. The van der Waals surface area contributed by atoms with Crippen LogP contribution >= 0.6 is 0 Å². The fourth-order valence-electron chi connectivity index (χ4n) is 1.47. The van der Waals surface area contributed by atoms with Crippen LogP contribution in [0.15, 0.2) is 12.4 Å². The lowest BCUT2D eigenvalue weighted by Crippen LogP contribution is -2.21. The van der Waals surface area contributed by atoms with Crippen molar-refractivity contribution >= 4 is 9.84 Å². The molecule has 0 saturated carbocycles. The summed E-state index contributed by atoms with van der Waals surface area (Å²) in [4.78, 5) is 4.23. The van der Waals surface area contributed by atoms with Crippen LogP contribution in [0.3, 0.4) is 0 Å². The molecule has 0 N–H and O–H groups in total. The molecule has 4 nitrogen and oxygen atoms in total. The quantitative estimate of drug-likeness (QED) is 0.794. The van der Waals surface area contributed by atoms with E-state index in [-0.39, 0.29) is 11.0 Å². The predicted molar refractivity (Wildman–Crippen MR) is 65.2 cm³/mol. The molecule has 0 bridgehead atoms. The molecular weight excluding hydrogens is 224 g/mol. The second-order valence-electron chi connectivity index (χ2n) is 4.55. The van der Waals surface area contributed by atoms with Crippen LogP contribution in [0.25, 0.3) is 0 Å². The Morgan fingerprint density at radius 2 is 1.94 bits per heavy atom. The van der Waals surface area contributed by atoms with Gasteiger partial charge in [0, 0.05) is 24.9 Å². The predicted octanol–water partition coefficient (Wildman–Crippen LogP) is 1.83. The van der Waals surface area contributed by atoms with Crippen LogP contribution in [-0.4, -0.2) is 29.0 Å². The molecule has 16 heavy (non-hydrogen) atoms. The first-order valence-electron chi connectivity index (χ1n) is 5.57. The fourth-order valence-corrected chi connectivity index (χ4v) is 2.39. The summed E-state index contributed by atoms with van der Waals surface area (Å²) in [7, 11) is -2.97. The van der Waals surface area contributed by atoms with Gasteiger partial charge in [-0.1, -0.05) is 13.8 Å². The van der Waals surface area contributed by atoms with Crippen LogP contribution in [0.1, 0.15) is 39.4 Å². The zero-order chi connectivity index (χ0) is 12.3. The lowest BCUT2D eigenvalue weighted by molar-refractivity contribution is 0.575. The minimum Gasteiger partial charge on any atom is -0.334 e. The maximum atomic E-state index is 11.7. The number of rotatable bonds is 5. The van der Waals surface area contributed by atoms with E-state index < -0.39 is 9.84 Å². The number of nitrogens with zero attached hydrogens (tertiary/aromatic N) is 2. The standard InChI is InChI=1S/C11H20N2O2S/c1-9(2)11-12-5-6-13(11)7-8-16(14,15)10(3)4/h5-6,9-10H,7-8H2,1-4H3. The van der Waals surface area contributed by atoms with E-state index in [0.29, 0.717) is 12.5 Å². The number of aryl methyl sites for hydroxylation is 1. The zero-order valence-electron chi connectivity index (χ0n) is 10.3. The third-order valence-electron chi connectivity index (χ3n) is 2.60. The third-order valence-corrected chi connectivity index (χ3v) is 4.79. The maximum absolute atomic E-state index is 11.7. The highest BCUT2D eigenvalue weighted by molar-refractivity contribution is 7.91. The summed E-state index contributed by atoms with van der Waals surface area (Å²) >= 11 is 0. The average molecular weight is 244 g/mol. The van der Waals surface area contributed by atoms with Crippen LogP contribution in [-0.2, 0) is 16.4 Å². The number of hydrogen-bond donors (Lipinski definition) is 0. The highest BCUT2D eigenvalue weighted by Crippen LogP contribution is 2.12. The number of aromatic nitrogens is 2.